The van der Waals surface area contributed by atoms with Crippen LogP contribution in [0.5, 0.6) is 5.75 Å². The zero-order chi connectivity index (χ0) is 28.4. The van der Waals surface area contributed by atoms with E-state index in [0.29, 0.717) is 26.4 Å². The van der Waals surface area contributed by atoms with Crippen molar-refractivity contribution in [1.29, 1.82) is 0 Å². The number of hydrogen-bond acceptors (Lipinski definition) is 7. The predicted octanol–water partition coefficient (Wildman–Crippen LogP) is 4.77. The van der Waals surface area contributed by atoms with Crippen LogP contribution < -0.4 is 24.5 Å². The number of anilines is 1. The molecule has 5 rings (SSSR count). The van der Waals surface area contributed by atoms with Crippen molar-refractivity contribution >= 4 is 50.7 Å². The number of hydrogen-bond donors (Lipinski definition) is 0. The number of benzene rings is 3. The molecule has 9 heteroatoms. The molecule has 0 amide bonds. The number of ether oxygens (including phenoxy) is 2. The summed E-state index contributed by atoms with van der Waals surface area (Å²) in [7, 11) is 5.55. The zero-order valence-corrected chi connectivity index (χ0v) is 25.0. The van der Waals surface area contributed by atoms with Gasteiger partial charge in [-0.2, -0.15) is 0 Å². The van der Waals surface area contributed by atoms with Crippen molar-refractivity contribution in [2.75, 3.05) is 32.7 Å². The van der Waals surface area contributed by atoms with Crippen molar-refractivity contribution in [3.63, 3.8) is 0 Å². The van der Waals surface area contributed by atoms with E-state index in [-0.39, 0.29) is 12.2 Å². The summed E-state index contributed by atoms with van der Waals surface area (Å²) < 4.78 is 13.9. The fourth-order valence-electron chi connectivity index (χ4n) is 4.67. The van der Waals surface area contributed by atoms with Gasteiger partial charge in [-0.3, -0.25) is 9.36 Å². The van der Waals surface area contributed by atoms with Crippen LogP contribution in [-0.2, 0) is 9.53 Å². The summed E-state index contributed by atoms with van der Waals surface area (Å²) in [5.74, 6) is 0.163. The van der Waals surface area contributed by atoms with E-state index in [2.05, 4.69) is 15.9 Å². The van der Waals surface area contributed by atoms with Crippen LogP contribution in [0.25, 0.3) is 11.8 Å². The first-order valence-corrected chi connectivity index (χ1v) is 14.3. The number of thiazole rings is 1. The monoisotopic (exact) mass is 617 g/mol. The molecule has 1 atom stereocenters. The molecule has 204 valence electrons. The lowest BCUT2D eigenvalue weighted by Crippen LogP contribution is -2.40. The Bertz CT molecular complexity index is 1770. The Morgan fingerprint density at radius 2 is 1.82 bits per heavy atom. The molecule has 3 aromatic carbocycles. The molecule has 0 fully saturated rings. The second kappa shape index (κ2) is 11.7. The van der Waals surface area contributed by atoms with Gasteiger partial charge in [0.2, 0.25) is 0 Å². The molecule has 0 radical (unpaired) electrons. The van der Waals surface area contributed by atoms with Gasteiger partial charge in [0.1, 0.15) is 5.75 Å². The van der Waals surface area contributed by atoms with Crippen molar-refractivity contribution < 1.29 is 14.3 Å². The number of halogens is 1. The van der Waals surface area contributed by atoms with E-state index >= 15 is 0 Å². The molecule has 2 heterocycles. The van der Waals surface area contributed by atoms with Gasteiger partial charge in [-0.1, -0.05) is 59.9 Å². The van der Waals surface area contributed by atoms with Crippen molar-refractivity contribution in [3.05, 3.63) is 119 Å². The zero-order valence-electron chi connectivity index (χ0n) is 22.6. The molecule has 1 aliphatic heterocycles. The van der Waals surface area contributed by atoms with E-state index in [1.54, 1.807) is 18.6 Å². The normalized spacial score (nSPS) is 14.9. The summed E-state index contributed by atoms with van der Waals surface area (Å²) >= 11 is 4.93. The summed E-state index contributed by atoms with van der Waals surface area (Å²) in [6, 6.07) is 22.1. The quantitative estimate of drug-likeness (QED) is 0.279. The molecule has 0 N–H and O–H groups in total. The van der Waals surface area contributed by atoms with Crippen molar-refractivity contribution in [3.8, 4) is 5.75 Å². The van der Waals surface area contributed by atoms with Crippen molar-refractivity contribution in [2.45, 2.75) is 13.0 Å². The molecule has 0 saturated heterocycles. The average molecular weight is 619 g/mol. The first-order valence-electron chi connectivity index (χ1n) is 12.7. The maximum Gasteiger partial charge on any atom is 0.338 e. The van der Waals surface area contributed by atoms with Crippen LogP contribution in [0.4, 0.5) is 5.69 Å². The molecule has 1 aliphatic rings. The Morgan fingerprint density at radius 3 is 2.45 bits per heavy atom. The molecule has 1 aromatic heterocycles. The minimum absolute atomic E-state index is 0.196. The van der Waals surface area contributed by atoms with Crippen LogP contribution in [0, 0.1) is 0 Å². The highest BCUT2D eigenvalue weighted by atomic mass is 79.9. The Labute approximate surface area is 244 Å². The highest BCUT2D eigenvalue weighted by Crippen LogP contribution is 2.35. The highest BCUT2D eigenvalue weighted by Gasteiger charge is 2.35. The van der Waals surface area contributed by atoms with Gasteiger partial charge in [-0.15, -0.1) is 0 Å². The van der Waals surface area contributed by atoms with E-state index in [9.17, 15) is 9.59 Å². The SMILES string of the molecule is CCOC(=O)C1=C(c2ccccc2)N=c2s/c(=C\c3ccc(N(C)C)c(Br)c3)c(=O)n2[C@H]1c1ccc(OC)cc1. The highest BCUT2D eigenvalue weighted by molar-refractivity contribution is 9.10. The Kier molecular flexibility index (Phi) is 8.04. The third kappa shape index (κ3) is 5.26. The fourth-order valence-corrected chi connectivity index (χ4v) is 6.42. The molecule has 0 unspecified atom stereocenters. The van der Waals surface area contributed by atoms with E-state index in [1.165, 1.54) is 11.3 Å². The minimum Gasteiger partial charge on any atom is -0.497 e. The van der Waals surface area contributed by atoms with Gasteiger partial charge in [0, 0.05) is 24.1 Å². The van der Waals surface area contributed by atoms with Gasteiger partial charge in [0.05, 0.1) is 41.2 Å². The maximum atomic E-state index is 14.0. The summed E-state index contributed by atoms with van der Waals surface area (Å²) in [6.45, 7) is 1.96. The lowest BCUT2D eigenvalue weighted by Gasteiger charge is -2.26. The average Bonchev–Trinajstić information content (AvgIpc) is 3.26. The Balaban J connectivity index is 1.78. The molecule has 7 nitrogen and oxygen atoms in total. The number of fused-ring (bicyclic) bond motifs is 1. The molecule has 0 saturated carbocycles. The lowest BCUT2D eigenvalue weighted by atomic mass is 9.93. The van der Waals surface area contributed by atoms with Gasteiger partial charge in [-0.25, -0.2) is 9.79 Å². The van der Waals surface area contributed by atoms with Crippen LogP contribution in [0.2, 0.25) is 0 Å². The second-order valence-electron chi connectivity index (χ2n) is 9.31. The largest absolute Gasteiger partial charge is 0.497 e. The summed E-state index contributed by atoms with van der Waals surface area (Å²) in [5, 5.41) is 0. The molecule has 4 aromatic rings. The molecular weight excluding hydrogens is 590 g/mol. The van der Waals surface area contributed by atoms with Crippen LogP contribution in [0.15, 0.2) is 92.6 Å². The molecule has 0 bridgehead atoms. The van der Waals surface area contributed by atoms with Gasteiger partial charge in [0.15, 0.2) is 4.80 Å². The molecular formula is C31H28BrN3O4S. The summed E-state index contributed by atoms with van der Waals surface area (Å²) in [5.41, 5.74) is 4.00. The van der Waals surface area contributed by atoms with E-state index in [0.717, 1.165) is 26.9 Å². The van der Waals surface area contributed by atoms with E-state index in [1.807, 2.05) is 97.9 Å². The third-order valence-corrected chi connectivity index (χ3v) is 8.17. The number of carbonyl (C=O) groups is 1. The summed E-state index contributed by atoms with van der Waals surface area (Å²) in [4.78, 5) is 35.0. The van der Waals surface area contributed by atoms with Crippen LogP contribution >= 0.6 is 27.3 Å². The standard InChI is InChI=1S/C31H28BrN3O4S/c1-5-39-30(37)26-27(20-9-7-6-8-10-20)33-31-35(28(26)21-12-14-22(38-4)15-13-21)29(36)25(40-31)18-19-11-16-24(34(2)3)23(32)17-19/h6-18,28H,5H2,1-4H3/b25-18-/t28-/m0/s1. The number of carbonyl (C=O) groups excluding carboxylic acids is 1. The molecule has 40 heavy (non-hydrogen) atoms. The number of aromatic nitrogens is 1. The lowest BCUT2D eigenvalue weighted by molar-refractivity contribution is -0.138. The van der Waals surface area contributed by atoms with Gasteiger partial charge >= 0.3 is 5.97 Å². The Hall–Kier alpha value is -3.95. The number of methoxy groups -OCH3 is 1. The third-order valence-electron chi connectivity index (χ3n) is 6.56. The van der Waals surface area contributed by atoms with Gasteiger partial charge < -0.3 is 14.4 Å². The minimum atomic E-state index is -0.735. The predicted molar refractivity (Wildman–Crippen MR) is 163 cm³/mol. The van der Waals surface area contributed by atoms with Crippen LogP contribution in [0.3, 0.4) is 0 Å². The Morgan fingerprint density at radius 1 is 1.10 bits per heavy atom. The topological polar surface area (TPSA) is 73.1 Å². The number of esters is 1. The first-order chi connectivity index (χ1) is 19.3. The summed E-state index contributed by atoms with van der Waals surface area (Å²) in [6.07, 6.45) is 1.86. The fraction of sp³-hybridized carbons (Fsp3) is 0.194. The maximum absolute atomic E-state index is 14.0. The molecule has 0 aliphatic carbocycles. The van der Waals surface area contributed by atoms with E-state index in [4.69, 9.17) is 14.5 Å². The van der Waals surface area contributed by atoms with Gasteiger partial charge in [0.25, 0.3) is 5.56 Å². The second-order valence-corrected chi connectivity index (χ2v) is 11.2. The smallest absolute Gasteiger partial charge is 0.338 e. The van der Waals surface area contributed by atoms with Crippen molar-refractivity contribution in [2.24, 2.45) is 4.99 Å². The van der Waals surface area contributed by atoms with Crippen LogP contribution in [0.1, 0.15) is 29.7 Å². The van der Waals surface area contributed by atoms with Crippen molar-refractivity contribution in [1.82, 2.24) is 4.57 Å². The van der Waals surface area contributed by atoms with Gasteiger partial charge in [-0.05, 0) is 64.3 Å². The number of rotatable bonds is 7. The molecule has 0 spiro atoms. The first kappa shape index (κ1) is 27.6. The van der Waals surface area contributed by atoms with Crippen LogP contribution in [-0.4, -0.2) is 38.3 Å². The van der Waals surface area contributed by atoms with E-state index < -0.39 is 12.0 Å². The number of nitrogens with zero attached hydrogens (tertiary/aromatic N) is 3.